The van der Waals surface area contributed by atoms with Crippen molar-refractivity contribution in [3.63, 3.8) is 0 Å². The number of nitrogens with two attached hydrogens (primary N) is 1. The molecule has 182 valence electrons. The smallest absolute Gasteiger partial charge is 0.236 e. The van der Waals surface area contributed by atoms with Crippen molar-refractivity contribution >= 4 is 28.5 Å². The highest BCUT2D eigenvalue weighted by molar-refractivity contribution is 8.23. The molecule has 5 N–H and O–H groups in total. The van der Waals surface area contributed by atoms with Crippen LogP contribution in [0.15, 0.2) is 18.2 Å². The molecule has 4 saturated carbocycles. The maximum Gasteiger partial charge on any atom is 0.236 e. The summed E-state index contributed by atoms with van der Waals surface area (Å²) in [6.07, 6.45) is 4.72. The van der Waals surface area contributed by atoms with Crippen LogP contribution in [0.5, 0.6) is 0 Å². The van der Waals surface area contributed by atoms with Gasteiger partial charge in [-0.3, -0.25) is 23.0 Å². The van der Waals surface area contributed by atoms with Gasteiger partial charge in [-0.15, -0.1) is 0 Å². The molecule has 0 spiro atoms. The summed E-state index contributed by atoms with van der Waals surface area (Å²) in [5.74, 6) is -1.76. The molecule has 6 rings (SSSR count). The summed E-state index contributed by atoms with van der Waals surface area (Å²) in [6.45, 7) is 0.318. The van der Waals surface area contributed by atoms with E-state index in [-0.39, 0.29) is 48.5 Å². The fourth-order valence-electron chi connectivity index (χ4n) is 6.80. The summed E-state index contributed by atoms with van der Waals surface area (Å²) in [5, 5.41) is 3.10. The number of nitrogens with zero attached hydrogens (tertiary/aromatic N) is 2. The summed E-state index contributed by atoms with van der Waals surface area (Å²) >= 11 is 0. The maximum absolute atomic E-state index is 13.7. The van der Waals surface area contributed by atoms with Crippen LogP contribution in [0.1, 0.15) is 38.5 Å². The highest BCUT2D eigenvalue weighted by Crippen LogP contribution is 2.60. The summed E-state index contributed by atoms with van der Waals surface area (Å²) in [6, 6.07) is 3.11. The molecule has 8 nitrogen and oxygen atoms in total. The summed E-state index contributed by atoms with van der Waals surface area (Å²) < 4.78 is 51.4. The Morgan fingerprint density at radius 1 is 1.12 bits per heavy atom. The Bertz CT molecular complexity index is 964. The van der Waals surface area contributed by atoms with E-state index in [2.05, 4.69) is 5.32 Å². The molecule has 11 heteroatoms. The molecule has 1 aromatic carbocycles. The molecule has 1 aliphatic heterocycles. The van der Waals surface area contributed by atoms with Gasteiger partial charge in [-0.05, 0) is 68.4 Å². The zero-order valence-electron chi connectivity index (χ0n) is 18.3. The van der Waals surface area contributed by atoms with Crippen LogP contribution < -0.4 is 15.4 Å². The number of carbonyl (C=O) groups excluding carboxylic acids is 2. The quantitative estimate of drug-likeness (QED) is 0.510. The van der Waals surface area contributed by atoms with Gasteiger partial charge in [-0.1, -0.05) is 11.0 Å². The average Bonchev–Trinajstić information content (AvgIpc) is 2.73. The van der Waals surface area contributed by atoms with Crippen molar-refractivity contribution in [1.29, 1.82) is 0 Å². The Kier molecular flexibility index (Phi) is 5.58. The molecule has 5 fully saturated rings. The van der Waals surface area contributed by atoms with E-state index in [1.807, 2.05) is 0 Å². The second-order valence-corrected chi connectivity index (χ2v) is 12.1. The van der Waals surface area contributed by atoms with Gasteiger partial charge in [0, 0.05) is 30.6 Å². The lowest BCUT2D eigenvalue weighted by molar-refractivity contribution is -0.147. The monoisotopic (exact) mass is 484 g/mol. The normalized spacial score (nSPS) is 35.9. The third kappa shape index (κ3) is 3.88. The molecule has 2 amide bonds. The molecule has 4 bridgehead atoms. The summed E-state index contributed by atoms with van der Waals surface area (Å²) in [7, 11) is -3.57. The Morgan fingerprint density at radius 2 is 1.82 bits per heavy atom. The predicted octanol–water partition coefficient (Wildman–Crippen LogP) is 2.85. The number of carbonyl (C=O) groups is 2. The van der Waals surface area contributed by atoms with Gasteiger partial charge in [0.25, 0.3) is 0 Å². The Balaban J connectivity index is 1.26. The van der Waals surface area contributed by atoms with E-state index in [4.69, 9.17) is 5.73 Å². The third-order valence-corrected chi connectivity index (χ3v) is 10.0. The largest absolute Gasteiger partial charge is 0.369 e. The Labute approximate surface area is 193 Å². The van der Waals surface area contributed by atoms with Crippen molar-refractivity contribution in [1.82, 2.24) is 9.62 Å². The first-order valence-corrected chi connectivity index (χ1v) is 12.9. The third-order valence-electron chi connectivity index (χ3n) is 8.05. The average molecular weight is 485 g/mol. The van der Waals surface area contributed by atoms with Gasteiger partial charge in [0.05, 0.1) is 12.2 Å². The zero-order valence-corrected chi connectivity index (χ0v) is 19.1. The molecular formula is C22H30F2N4O4S. The van der Waals surface area contributed by atoms with Gasteiger partial charge in [0.2, 0.25) is 11.8 Å². The first-order valence-electron chi connectivity index (χ1n) is 11.4. The molecule has 1 saturated heterocycles. The lowest BCUT2D eigenvalue weighted by atomic mass is 9.47. The molecule has 0 radical (unpaired) electrons. The molecule has 1 heterocycles. The molecule has 4 aliphatic carbocycles. The van der Waals surface area contributed by atoms with Crippen molar-refractivity contribution in [2.45, 2.75) is 44.6 Å². The SMILES string of the molecule is NC(=O)C12CC3CC(C1)C(NC(=O)CN1CCCN(c4ccc(F)c(F)c4)S1(O)O)C(C3)C2. The van der Waals surface area contributed by atoms with Gasteiger partial charge in [0.15, 0.2) is 11.6 Å². The summed E-state index contributed by atoms with van der Waals surface area (Å²) in [4.78, 5) is 25.1. The standard InChI is InChI=1S/C22H30F2N4O4S/c23-17-3-2-16(8-18(17)24)28-5-1-4-27(33(28,31)32)12-19(29)26-20-14-6-13-7-15(20)11-22(9-13,10-14)21(25)30/h2-3,8,13-15,20,31-32H,1,4-7,9-12H2,(H2,25,30)(H,26,29). The first-order chi connectivity index (χ1) is 15.6. The number of halogens is 2. The highest BCUT2D eigenvalue weighted by Gasteiger charge is 2.58. The van der Waals surface area contributed by atoms with Crippen molar-refractivity contribution in [3.8, 4) is 0 Å². The minimum Gasteiger partial charge on any atom is -0.369 e. The zero-order chi connectivity index (χ0) is 23.5. The fourth-order valence-corrected chi connectivity index (χ4v) is 8.52. The number of amides is 2. The van der Waals surface area contributed by atoms with Gasteiger partial charge in [0.1, 0.15) is 0 Å². The number of rotatable bonds is 5. The van der Waals surface area contributed by atoms with Gasteiger partial charge in [-0.25, -0.2) is 8.78 Å². The van der Waals surface area contributed by atoms with E-state index in [1.54, 1.807) is 0 Å². The number of nitrogens with one attached hydrogen (secondary N) is 1. The Morgan fingerprint density at radius 3 is 2.45 bits per heavy atom. The van der Waals surface area contributed by atoms with Crippen LogP contribution in [0, 0.1) is 34.8 Å². The van der Waals surface area contributed by atoms with E-state index in [9.17, 15) is 27.5 Å². The molecule has 2 atom stereocenters. The molecule has 1 aromatic rings. The van der Waals surface area contributed by atoms with E-state index < -0.39 is 28.0 Å². The number of hydrogen-bond donors (Lipinski definition) is 4. The van der Waals surface area contributed by atoms with E-state index >= 15 is 0 Å². The topological polar surface area (TPSA) is 119 Å². The van der Waals surface area contributed by atoms with Crippen molar-refractivity contribution in [3.05, 3.63) is 29.8 Å². The minimum absolute atomic E-state index is 0.0459. The molecule has 33 heavy (non-hydrogen) atoms. The molecule has 0 aromatic heterocycles. The van der Waals surface area contributed by atoms with Crippen LogP contribution in [0.2, 0.25) is 0 Å². The van der Waals surface area contributed by atoms with Crippen LogP contribution in [0.4, 0.5) is 14.5 Å². The maximum atomic E-state index is 13.7. The molecule has 5 aliphatic rings. The number of primary amides is 1. The van der Waals surface area contributed by atoms with Gasteiger partial charge < -0.3 is 11.1 Å². The highest BCUT2D eigenvalue weighted by atomic mass is 32.3. The lowest BCUT2D eigenvalue weighted by Gasteiger charge is -2.59. The number of hydrogen-bond acceptors (Lipinski definition) is 6. The van der Waals surface area contributed by atoms with E-state index in [0.29, 0.717) is 31.7 Å². The second kappa shape index (κ2) is 8.07. The molecule has 2 unspecified atom stereocenters. The van der Waals surface area contributed by atoms with Crippen molar-refractivity contribution in [2.75, 3.05) is 23.9 Å². The molecular weight excluding hydrogens is 454 g/mol. The van der Waals surface area contributed by atoms with Crippen molar-refractivity contribution in [2.24, 2.45) is 28.9 Å². The second-order valence-electron chi connectivity index (χ2n) is 10.1. The van der Waals surface area contributed by atoms with Crippen LogP contribution in [-0.4, -0.2) is 50.9 Å². The van der Waals surface area contributed by atoms with Crippen LogP contribution in [-0.2, 0) is 9.59 Å². The van der Waals surface area contributed by atoms with Gasteiger partial charge in [-0.2, -0.15) is 4.31 Å². The van der Waals surface area contributed by atoms with Crippen LogP contribution in [0.25, 0.3) is 0 Å². The van der Waals surface area contributed by atoms with Crippen LogP contribution in [0.3, 0.4) is 0 Å². The first kappa shape index (κ1) is 22.8. The number of benzene rings is 1. The van der Waals surface area contributed by atoms with Crippen molar-refractivity contribution < 1.29 is 27.5 Å². The predicted molar refractivity (Wildman–Crippen MR) is 120 cm³/mol. The number of anilines is 1. The van der Waals surface area contributed by atoms with E-state index in [1.165, 1.54) is 14.7 Å². The lowest BCUT2D eigenvalue weighted by Crippen LogP contribution is -2.62. The van der Waals surface area contributed by atoms with E-state index in [0.717, 1.165) is 31.4 Å². The fraction of sp³-hybridized carbons (Fsp3) is 0.636. The van der Waals surface area contributed by atoms with Gasteiger partial charge >= 0.3 is 0 Å². The minimum atomic E-state index is -3.57. The summed E-state index contributed by atoms with van der Waals surface area (Å²) in [5.41, 5.74) is 5.45. The van der Waals surface area contributed by atoms with Crippen LogP contribution >= 0.6 is 11.0 Å². The Hall–Kier alpha value is -1.95.